The third kappa shape index (κ3) is 3.37. The van der Waals surface area contributed by atoms with Gasteiger partial charge in [-0.2, -0.15) is 0 Å². The Morgan fingerprint density at radius 1 is 1.39 bits per heavy atom. The van der Waals surface area contributed by atoms with E-state index in [1.807, 2.05) is 31.2 Å². The molecule has 0 radical (unpaired) electrons. The number of aromatic nitrogens is 4. The molecule has 0 bridgehead atoms. The minimum absolute atomic E-state index is 0.229. The first-order chi connectivity index (χ1) is 11.1. The van der Waals surface area contributed by atoms with E-state index in [9.17, 15) is 4.79 Å². The molecule has 2 amide bonds. The monoisotopic (exact) mass is 312 g/mol. The summed E-state index contributed by atoms with van der Waals surface area (Å²) in [5.41, 5.74) is 2.47. The number of anilines is 1. The number of hydrogen-bond donors (Lipinski definition) is 1. The number of nitrogens with zero attached hydrogens (tertiary/aromatic N) is 5. The second-order valence-electron chi connectivity index (χ2n) is 5.12. The average molecular weight is 312 g/mol. The van der Waals surface area contributed by atoms with Crippen LogP contribution < -0.4 is 5.32 Å². The fourth-order valence-corrected chi connectivity index (χ4v) is 2.13. The number of carbonyl (C=O) groups excluding carboxylic acids is 1. The lowest BCUT2D eigenvalue weighted by Gasteiger charge is -2.17. The summed E-state index contributed by atoms with van der Waals surface area (Å²) in [5, 5.41) is 14.0. The van der Waals surface area contributed by atoms with E-state index in [1.54, 1.807) is 24.1 Å². The zero-order valence-electron chi connectivity index (χ0n) is 12.8. The topological polar surface area (TPSA) is 89.1 Å². The lowest BCUT2D eigenvalue weighted by molar-refractivity contribution is 0.217. The molecule has 23 heavy (non-hydrogen) atoms. The number of aryl methyl sites for hydroxylation is 1. The van der Waals surface area contributed by atoms with Crippen LogP contribution >= 0.6 is 0 Å². The van der Waals surface area contributed by atoms with Crippen LogP contribution in [0.3, 0.4) is 0 Å². The number of nitrogens with one attached hydrogen (secondary N) is 1. The van der Waals surface area contributed by atoms with Crippen molar-refractivity contribution >= 4 is 11.7 Å². The van der Waals surface area contributed by atoms with Crippen molar-refractivity contribution in [1.29, 1.82) is 0 Å². The highest BCUT2D eigenvalue weighted by Crippen LogP contribution is 2.18. The normalized spacial score (nSPS) is 10.5. The van der Waals surface area contributed by atoms with Crippen molar-refractivity contribution < 1.29 is 9.21 Å². The van der Waals surface area contributed by atoms with Gasteiger partial charge in [-0.3, -0.25) is 0 Å². The van der Waals surface area contributed by atoms with Crippen LogP contribution in [0.1, 0.15) is 11.3 Å². The van der Waals surface area contributed by atoms with Crippen LogP contribution in [-0.4, -0.2) is 38.2 Å². The molecule has 3 aromatic rings. The Labute approximate surface area is 132 Å². The SMILES string of the molecule is Cc1ccc(NC(=O)N(C)Cc2ccco2)cc1-n1cnnn1. The largest absolute Gasteiger partial charge is 0.467 e. The van der Waals surface area contributed by atoms with Crippen molar-refractivity contribution in [3.63, 3.8) is 0 Å². The Morgan fingerprint density at radius 2 is 2.26 bits per heavy atom. The summed E-state index contributed by atoms with van der Waals surface area (Å²) in [4.78, 5) is 13.8. The number of carbonyl (C=O) groups is 1. The summed E-state index contributed by atoms with van der Waals surface area (Å²) in [7, 11) is 1.70. The van der Waals surface area contributed by atoms with E-state index < -0.39 is 0 Å². The zero-order chi connectivity index (χ0) is 16.2. The molecule has 1 N–H and O–H groups in total. The second kappa shape index (κ2) is 6.30. The van der Waals surface area contributed by atoms with Crippen LogP contribution in [0.2, 0.25) is 0 Å². The first-order valence-corrected chi connectivity index (χ1v) is 7.02. The molecule has 0 atom stereocenters. The summed E-state index contributed by atoms with van der Waals surface area (Å²) in [6, 6.07) is 8.95. The molecule has 8 heteroatoms. The molecule has 0 saturated heterocycles. The van der Waals surface area contributed by atoms with E-state index in [-0.39, 0.29) is 6.03 Å². The molecule has 3 rings (SSSR count). The number of tetrazole rings is 1. The van der Waals surface area contributed by atoms with Crippen LogP contribution in [-0.2, 0) is 6.54 Å². The number of urea groups is 1. The van der Waals surface area contributed by atoms with Gasteiger partial charge in [0.25, 0.3) is 0 Å². The molecular weight excluding hydrogens is 296 g/mol. The maximum absolute atomic E-state index is 12.2. The summed E-state index contributed by atoms with van der Waals surface area (Å²) < 4.78 is 6.79. The molecule has 0 aliphatic heterocycles. The molecule has 2 aromatic heterocycles. The maximum Gasteiger partial charge on any atom is 0.321 e. The quantitative estimate of drug-likeness (QED) is 0.798. The van der Waals surface area contributed by atoms with E-state index in [0.717, 1.165) is 17.0 Å². The molecule has 2 heterocycles. The standard InChI is InChI=1S/C15H16N6O2/c1-11-5-6-12(8-14(11)21-10-16-18-19-21)17-15(22)20(2)9-13-4-3-7-23-13/h3-8,10H,9H2,1-2H3,(H,17,22). The third-order valence-electron chi connectivity index (χ3n) is 3.38. The van der Waals surface area contributed by atoms with Crippen LogP contribution in [0.4, 0.5) is 10.5 Å². The Bertz CT molecular complexity index is 782. The number of furan rings is 1. The maximum atomic E-state index is 12.2. The van der Waals surface area contributed by atoms with Gasteiger partial charge in [-0.15, -0.1) is 5.10 Å². The number of rotatable bonds is 4. The molecular formula is C15H16N6O2. The fraction of sp³-hybridized carbons (Fsp3) is 0.200. The van der Waals surface area contributed by atoms with Gasteiger partial charge in [-0.25, -0.2) is 9.48 Å². The van der Waals surface area contributed by atoms with Gasteiger partial charge >= 0.3 is 6.03 Å². The van der Waals surface area contributed by atoms with Gasteiger partial charge in [-0.1, -0.05) is 6.07 Å². The minimum Gasteiger partial charge on any atom is -0.467 e. The summed E-state index contributed by atoms with van der Waals surface area (Å²) >= 11 is 0. The molecule has 0 unspecified atom stereocenters. The van der Waals surface area contributed by atoms with E-state index in [1.165, 1.54) is 11.2 Å². The van der Waals surface area contributed by atoms with Crippen LogP contribution in [0.15, 0.2) is 47.3 Å². The fourth-order valence-electron chi connectivity index (χ4n) is 2.13. The molecule has 0 fully saturated rings. The van der Waals surface area contributed by atoms with Gasteiger partial charge < -0.3 is 14.6 Å². The average Bonchev–Trinajstić information content (AvgIpc) is 3.22. The highest BCUT2D eigenvalue weighted by atomic mass is 16.3. The lowest BCUT2D eigenvalue weighted by Crippen LogP contribution is -2.30. The Morgan fingerprint density at radius 3 is 2.96 bits per heavy atom. The van der Waals surface area contributed by atoms with Crippen molar-refractivity contribution in [2.75, 3.05) is 12.4 Å². The van der Waals surface area contributed by atoms with Gasteiger partial charge in [-0.05, 0) is 47.2 Å². The number of amides is 2. The summed E-state index contributed by atoms with van der Waals surface area (Å²) in [6.45, 7) is 2.34. The molecule has 0 saturated carbocycles. The Hall–Kier alpha value is -3.16. The molecule has 118 valence electrons. The van der Waals surface area contributed by atoms with E-state index in [4.69, 9.17) is 4.42 Å². The minimum atomic E-state index is -0.229. The van der Waals surface area contributed by atoms with Crippen LogP contribution in [0.5, 0.6) is 0 Å². The zero-order valence-corrected chi connectivity index (χ0v) is 12.8. The number of benzene rings is 1. The predicted molar refractivity (Wildman–Crippen MR) is 83.1 cm³/mol. The number of hydrogen-bond acceptors (Lipinski definition) is 5. The highest BCUT2D eigenvalue weighted by molar-refractivity contribution is 5.89. The Balaban J connectivity index is 1.72. The molecule has 0 aliphatic carbocycles. The third-order valence-corrected chi connectivity index (χ3v) is 3.38. The van der Waals surface area contributed by atoms with Crippen molar-refractivity contribution in [3.8, 4) is 5.69 Å². The summed E-state index contributed by atoms with van der Waals surface area (Å²) in [6.07, 6.45) is 3.09. The lowest BCUT2D eigenvalue weighted by atomic mass is 10.2. The van der Waals surface area contributed by atoms with E-state index in [0.29, 0.717) is 12.2 Å². The van der Waals surface area contributed by atoms with Crippen molar-refractivity contribution in [2.24, 2.45) is 0 Å². The molecule has 0 aliphatic rings. The van der Waals surface area contributed by atoms with Crippen molar-refractivity contribution in [1.82, 2.24) is 25.1 Å². The highest BCUT2D eigenvalue weighted by Gasteiger charge is 2.12. The van der Waals surface area contributed by atoms with Crippen molar-refractivity contribution in [3.05, 3.63) is 54.2 Å². The van der Waals surface area contributed by atoms with Gasteiger partial charge in [0.1, 0.15) is 12.1 Å². The van der Waals surface area contributed by atoms with E-state index in [2.05, 4.69) is 20.8 Å². The predicted octanol–water partition coefficient (Wildman–Crippen LogP) is 2.23. The van der Waals surface area contributed by atoms with Gasteiger partial charge in [0, 0.05) is 12.7 Å². The summed E-state index contributed by atoms with van der Waals surface area (Å²) in [5.74, 6) is 0.723. The molecule has 0 spiro atoms. The van der Waals surface area contributed by atoms with Gasteiger partial charge in [0.2, 0.25) is 0 Å². The molecule has 8 nitrogen and oxygen atoms in total. The first-order valence-electron chi connectivity index (χ1n) is 7.02. The Kier molecular flexibility index (Phi) is 4.05. The van der Waals surface area contributed by atoms with Crippen molar-refractivity contribution in [2.45, 2.75) is 13.5 Å². The molecule has 1 aromatic carbocycles. The second-order valence-corrected chi connectivity index (χ2v) is 5.12. The van der Waals surface area contributed by atoms with Crippen LogP contribution in [0, 0.1) is 6.92 Å². The smallest absolute Gasteiger partial charge is 0.321 e. The van der Waals surface area contributed by atoms with Gasteiger partial charge in [0.15, 0.2) is 0 Å². The first kappa shape index (κ1) is 14.8. The van der Waals surface area contributed by atoms with Crippen LogP contribution in [0.25, 0.3) is 5.69 Å². The van der Waals surface area contributed by atoms with E-state index >= 15 is 0 Å². The van der Waals surface area contributed by atoms with Gasteiger partial charge in [0.05, 0.1) is 18.5 Å².